The molecular weight excluding hydrogens is 660 g/mol. The zero-order valence-corrected chi connectivity index (χ0v) is 28.3. The second-order valence-electron chi connectivity index (χ2n) is 12.3. The van der Waals surface area contributed by atoms with Gasteiger partial charge in [0.2, 0.25) is 0 Å². The quantitative estimate of drug-likeness (QED) is 0.143. The molecule has 4 aromatic carbocycles. The summed E-state index contributed by atoms with van der Waals surface area (Å²) in [5, 5.41) is 41.2. The molecule has 0 radical (unpaired) electrons. The number of thioether (sulfide) groups is 1. The van der Waals surface area contributed by atoms with E-state index in [-0.39, 0.29) is 19.8 Å². The molecule has 0 amide bonds. The molecule has 0 bridgehead atoms. The first-order chi connectivity index (χ1) is 24.5. The fourth-order valence-electron chi connectivity index (χ4n) is 6.00. The van der Waals surface area contributed by atoms with E-state index in [2.05, 4.69) is 0 Å². The molecular formula is C39H44O10S. The maximum Gasteiger partial charge on any atom is 0.186 e. The van der Waals surface area contributed by atoms with Gasteiger partial charge >= 0.3 is 0 Å². The zero-order valence-electron chi connectivity index (χ0n) is 27.5. The Kier molecular flexibility index (Phi) is 13.4. The van der Waals surface area contributed by atoms with Crippen LogP contribution in [0.2, 0.25) is 0 Å². The summed E-state index contributed by atoms with van der Waals surface area (Å²) >= 11 is 1.50. The van der Waals surface area contributed by atoms with E-state index in [0.717, 1.165) is 21.6 Å². The Hall–Kier alpha value is -3.17. The van der Waals surface area contributed by atoms with Gasteiger partial charge in [-0.2, -0.15) is 0 Å². The van der Waals surface area contributed by atoms with E-state index in [1.54, 1.807) is 0 Å². The van der Waals surface area contributed by atoms with Crippen LogP contribution in [0.1, 0.15) is 16.7 Å². The lowest BCUT2D eigenvalue weighted by Crippen LogP contribution is -2.62. The normalized spacial score (nSPS) is 29.8. The van der Waals surface area contributed by atoms with Gasteiger partial charge in [-0.05, 0) is 28.8 Å². The summed E-state index contributed by atoms with van der Waals surface area (Å²) in [6, 6.07) is 39.4. The van der Waals surface area contributed by atoms with Crippen molar-refractivity contribution >= 4 is 11.8 Å². The molecule has 266 valence electrons. The van der Waals surface area contributed by atoms with Crippen LogP contribution in [-0.4, -0.2) is 94.2 Å². The average molecular weight is 705 g/mol. The van der Waals surface area contributed by atoms with Crippen LogP contribution in [0.5, 0.6) is 0 Å². The fourth-order valence-corrected chi connectivity index (χ4v) is 7.15. The van der Waals surface area contributed by atoms with Crippen molar-refractivity contribution in [2.45, 2.75) is 85.3 Å². The average Bonchev–Trinajstić information content (AvgIpc) is 3.16. The molecule has 4 N–H and O–H groups in total. The number of aliphatic hydroxyl groups is 4. The van der Waals surface area contributed by atoms with Gasteiger partial charge in [-0.25, -0.2) is 0 Å². The molecule has 6 rings (SSSR count). The van der Waals surface area contributed by atoms with Gasteiger partial charge in [0.05, 0.1) is 33.0 Å². The Morgan fingerprint density at radius 2 is 0.980 bits per heavy atom. The second kappa shape index (κ2) is 18.4. The van der Waals surface area contributed by atoms with Gasteiger partial charge in [0.1, 0.15) is 54.3 Å². The molecule has 2 aliphatic heterocycles. The Bertz CT molecular complexity index is 1530. The van der Waals surface area contributed by atoms with Gasteiger partial charge in [0, 0.05) is 4.90 Å². The third-order valence-electron chi connectivity index (χ3n) is 8.72. The van der Waals surface area contributed by atoms with Gasteiger partial charge in [0.15, 0.2) is 6.29 Å². The van der Waals surface area contributed by atoms with Crippen LogP contribution in [0, 0.1) is 0 Å². The van der Waals surface area contributed by atoms with Crippen molar-refractivity contribution in [3.8, 4) is 0 Å². The molecule has 10 nitrogen and oxygen atoms in total. The van der Waals surface area contributed by atoms with Crippen molar-refractivity contribution < 1.29 is 48.8 Å². The molecule has 2 aliphatic rings. The summed E-state index contributed by atoms with van der Waals surface area (Å²) in [5.41, 5.74) is 2.34. The second-order valence-corrected chi connectivity index (χ2v) is 13.5. The minimum atomic E-state index is -1.58. The maximum atomic E-state index is 10.7. The van der Waals surface area contributed by atoms with Gasteiger partial charge in [-0.15, -0.1) is 0 Å². The van der Waals surface area contributed by atoms with E-state index in [9.17, 15) is 20.4 Å². The zero-order chi connectivity index (χ0) is 34.7. The molecule has 2 heterocycles. The number of hydrogen-bond donors (Lipinski definition) is 4. The van der Waals surface area contributed by atoms with Crippen LogP contribution in [0.4, 0.5) is 0 Å². The molecule has 0 spiro atoms. The first-order valence-electron chi connectivity index (χ1n) is 16.8. The molecule has 11 heteroatoms. The highest BCUT2D eigenvalue weighted by atomic mass is 32.2. The highest BCUT2D eigenvalue weighted by Gasteiger charge is 2.50. The third-order valence-corrected chi connectivity index (χ3v) is 9.87. The fraction of sp³-hybridized carbons (Fsp3) is 0.385. The van der Waals surface area contributed by atoms with Crippen molar-refractivity contribution in [3.05, 3.63) is 138 Å². The Morgan fingerprint density at radius 3 is 1.50 bits per heavy atom. The standard InChI is InChI=1S/C39H44O10S/c40-21-30-32(41)33(42)34(43)38(48-30)47-25-31-35(44-22-26-13-5-1-6-14-26)36(45-23-27-15-7-2-8-16-27)37(46-24-28-17-9-3-10-18-28)39(49-31)50-29-19-11-4-12-20-29/h1-20,30-43H,21-25H2/t30-,31-,32-,33+,34-,35+,36+,37-,38-,39+/m1/s1. The van der Waals surface area contributed by atoms with Crippen molar-refractivity contribution in [3.63, 3.8) is 0 Å². The lowest BCUT2D eigenvalue weighted by molar-refractivity contribution is -0.315. The molecule has 50 heavy (non-hydrogen) atoms. The van der Waals surface area contributed by atoms with Crippen LogP contribution >= 0.6 is 11.8 Å². The van der Waals surface area contributed by atoms with E-state index in [4.69, 9.17) is 28.4 Å². The largest absolute Gasteiger partial charge is 0.394 e. The predicted octanol–water partition coefficient (Wildman–Crippen LogP) is 4.08. The van der Waals surface area contributed by atoms with E-state index < -0.39 is 67.2 Å². The monoisotopic (exact) mass is 704 g/mol. The Morgan fingerprint density at radius 1 is 0.500 bits per heavy atom. The lowest BCUT2D eigenvalue weighted by atomic mass is 9.98. The van der Waals surface area contributed by atoms with Crippen LogP contribution in [0.3, 0.4) is 0 Å². The van der Waals surface area contributed by atoms with E-state index in [0.29, 0.717) is 6.61 Å². The summed E-state index contributed by atoms with van der Waals surface area (Å²) in [7, 11) is 0. The maximum absolute atomic E-state index is 10.7. The Labute approximate surface area is 296 Å². The Balaban J connectivity index is 1.32. The number of rotatable bonds is 15. The summed E-state index contributed by atoms with van der Waals surface area (Å²) in [6.45, 7) is 0.135. The van der Waals surface area contributed by atoms with Gasteiger partial charge in [-0.3, -0.25) is 0 Å². The van der Waals surface area contributed by atoms with Crippen molar-refractivity contribution in [2.24, 2.45) is 0 Å². The predicted molar refractivity (Wildman–Crippen MR) is 186 cm³/mol. The van der Waals surface area contributed by atoms with E-state index in [1.807, 2.05) is 121 Å². The van der Waals surface area contributed by atoms with Gasteiger partial charge < -0.3 is 48.8 Å². The smallest absolute Gasteiger partial charge is 0.186 e. The molecule has 2 saturated heterocycles. The third kappa shape index (κ3) is 9.58. The molecule has 4 aromatic rings. The SMILES string of the molecule is OC[C@H]1O[C@@H](OC[C@H]2O[C@@H](Sc3ccccc3)[C@H](OCc3ccccc3)[C@@H](OCc3ccccc3)[C@H]2OCc2ccccc2)[C@H](O)[C@@H](O)[C@@H]1O. The van der Waals surface area contributed by atoms with Crippen LogP contribution in [-0.2, 0) is 48.2 Å². The molecule has 0 unspecified atom stereocenters. The highest BCUT2D eigenvalue weighted by molar-refractivity contribution is 7.99. The van der Waals surface area contributed by atoms with E-state index in [1.165, 1.54) is 11.8 Å². The van der Waals surface area contributed by atoms with Gasteiger partial charge in [-0.1, -0.05) is 121 Å². The molecule has 2 fully saturated rings. The molecule has 10 atom stereocenters. The molecule has 0 aliphatic carbocycles. The first-order valence-corrected chi connectivity index (χ1v) is 17.6. The highest BCUT2D eigenvalue weighted by Crippen LogP contribution is 2.38. The minimum Gasteiger partial charge on any atom is -0.394 e. The molecule has 0 aromatic heterocycles. The molecule has 0 saturated carbocycles. The van der Waals surface area contributed by atoms with Crippen LogP contribution < -0.4 is 0 Å². The summed E-state index contributed by atoms with van der Waals surface area (Å²) in [4.78, 5) is 0.963. The topological polar surface area (TPSA) is 136 Å². The van der Waals surface area contributed by atoms with Crippen molar-refractivity contribution in [1.82, 2.24) is 0 Å². The van der Waals surface area contributed by atoms with E-state index >= 15 is 0 Å². The number of ether oxygens (including phenoxy) is 6. The number of aliphatic hydroxyl groups excluding tert-OH is 4. The first kappa shape index (κ1) is 36.6. The minimum absolute atomic E-state index is 0.134. The summed E-state index contributed by atoms with van der Waals surface area (Å²) < 4.78 is 38.7. The van der Waals surface area contributed by atoms with Crippen LogP contribution in [0.25, 0.3) is 0 Å². The summed E-state index contributed by atoms with van der Waals surface area (Å²) in [5.74, 6) is 0. The summed E-state index contributed by atoms with van der Waals surface area (Å²) in [6.07, 6.45) is -9.86. The van der Waals surface area contributed by atoms with Gasteiger partial charge in [0.25, 0.3) is 0 Å². The van der Waals surface area contributed by atoms with Crippen molar-refractivity contribution in [2.75, 3.05) is 13.2 Å². The van der Waals surface area contributed by atoms with Crippen LogP contribution in [0.15, 0.2) is 126 Å². The van der Waals surface area contributed by atoms with Crippen molar-refractivity contribution in [1.29, 1.82) is 0 Å². The number of benzene rings is 4. The number of hydrogen-bond acceptors (Lipinski definition) is 11. The lowest BCUT2D eigenvalue weighted by Gasteiger charge is -2.46.